The molecule has 1 unspecified atom stereocenters. The smallest absolute Gasteiger partial charge is 0.356 e. The van der Waals surface area contributed by atoms with Crippen molar-refractivity contribution < 1.29 is 28.7 Å². The third-order valence-electron chi connectivity index (χ3n) is 6.06. The van der Waals surface area contributed by atoms with Crippen LogP contribution in [0.25, 0.3) is 10.9 Å². The van der Waals surface area contributed by atoms with Crippen LogP contribution in [0.15, 0.2) is 12.1 Å². The van der Waals surface area contributed by atoms with Gasteiger partial charge in [0.15, 0.2) is 17.5 Å². The van der Waals surface area contributed by atoms with E-state index >= 15 is 0 Å². The van der Waals surface area contributed by atoms with E-state index in [1.807, 2.05) is 6.92 Å². The van der Waals surface area contributed by atoms with Crippen molar-refractivity contribution >= 4 is 28.5 Å². The highest BCUT2D eigenvalue weighted by Gasteiger charge is 2.33. The van der Waals surface area contributed by atoms with E-state index in [4.69, 9.17) is 14.2 Å². The summed E-state index contributed by atoms with van der Waals surface area (Å²) in [6.07, 6.45) is 1.19. The number of quaternary nitrogens is 1. The van der Waals surface area contributed by atoms with Crippen molar-refractivity contribution in [3.8, 4) is 11.5 Å². The van der Waals surface area contributed by atoms with Crippen LogP contribution in [0, 0.1) is 11.8 Å². The molecule has 0 spiro atoms. The molecule has 8 heteroatoms. The predicted octanol–water partition coefficient (Wildman–Crippen LogP) is 2.25. The van der Waals surface area contributed by atoms with Crippen molar-refractivity contribution in [2.75, 3.05) is 39.2 Å². The minimum Gasteiger partial charge on any atom is -0.493 e. The van der Waals surface area contributed by atoms with E-state index in [1.165, 1.54) is 11.3 Å². The summed E-state index contributed by atoms with van der Waals surface area (Å²) in [7, 11) is 3.09. The number of aromatic nitrogens is 1. The van der Waals surface area contributed by atoms with Gasteiger partial charge in [-0.3, -0.25) is 4.79 Å². The van der Waals surface area contributed by atoms with Gasteiger partial charge >= 0.3 is 5.97 Å². The number of hydrogen-bond acceptors (Lipinski definition) is 5. The number of amides is 1. The highest BCUT2D eigenvalue weighted by Crippen LogP contribution is 2.37. The topological polar surface area (TPSA) is 94.1 Å². The Morgan fingerprint density at radius 2 is 1.77 bits per heavy atom. The normalized spacial score (nSPS) is 22.1. The first-order valence-corrected chi connectivity index (χ1v) is 10.9. The van der Waals surface area contributed by atoms with Crippen molar-refractivity contribution in [2.45, 2.75) is 40.2 Å². The summed E-state index contributed by atoms with van der Waals surface area (Å²) in [5, 5.41) is 3.66. The number of rotatable bonds is 7. The van der Waals surface area contributed by atoms with Crippen LogP contribution in [0.2, 0.25) is 0 Å². The van der Waals surface area contributed by atoms with Crippen molar-refractivity contribution in [1.29, 1.82) is 0 Å². The molecule has 1 aromatic carbocycles. The maximum atomic E-state index is 13.2. The first-order chi connectivity index (χ1) is 14.8. The lowest BCUT2D eigenvalue weighted by Crippen LogP contribution is -3.18. The Morgan fingerprint density at radius 1 is 1.16 bits per heavy atom. The van der Waals surface area contributed by atoms with Gasteiger partial charge in [-0.15, -0.1) is 0 Å². The molecule has 1 aromatic heterocycles. The lowest BCUT2D eigenvalue weighted by atomic mass is 9.91. The summed E-state index contributed by atoms with van der Waals surface area (Å²) in [5.41, 5.74) is 1.27. The number of anilines is 1. The van der Waals surface area contributed by atoms with Gasteiger partial charge in [0.1, 0.15) is 5.69 Å². The molecular formula is C23H34N3O5+. The molecule has 2 heterocycles. The van der Waals surface area contributed by atoms with Crippen LogP contribution in [0.1, 0.15) is 44.6 Å². The zero-order valence-corrected chi connectivity index (χ0v) is 19.3. The molecule has 1 aliphatic heterocycles. The number of hydrogen-bond donors (Lipinski definition) is 3. The second-order valence-corrected chi connectivity index (χ2v) is 8.57. The molecule has 170 valence electrons. The van der Waals surface area contributed by atoms with Gasteiger partial charge in [-0.1, -0.05) is 13.8 Å². The van der Waals surface area contributed by atoms with Gasteiger partial charge in [-0.05, 0) is 26.3 Å². The first-order valence-electron chi connectivity index (χ1n) is 10.9. The van der Waals surface area contributed by atoms with Crippen LogP contribution in [-0.4, -0.2) is 56.8 Å². The summed E-state index contributed by atoms with van der Waals surface area (Å²) < 4.78 is 16.0. The van der Waals surface area contributed by atoms with Gasteiger partial charge in [0.25, 0.3) is 5.91 Å². The predicted molar refractivity (Wildman–Crippen MR) is 119 cm³/mol. The van der Waals surface area contributed by atoms with Gasteiger partial charge in [0.05, 0.1) is 45.1 Å². The number of likely N-dealkylation sites (tertiary alicyclic amines) is 1. The summed E-state index contributed by atoms with van der Waals surface area (Å²) in [4.78, 5) is 30.2. The third-order valence-corrected chi connectivity index (χ3v) is 6.06. The van der Waals surface area contributed by atoms with Crippen LogP contribution in [-0.2, 0) is 9.53 Å². The van der Waals surface area contributed by atoms with Gasteiger partial charge < -0.3 is 29.4 Å². The van der Waals surface area contributed by atoms with E-state index in [9.17, 15) is 9.59 Å². The lowest BCUT2D eigenvalue weighted by Gasteiger charge is -2.35. The second kappa shape index (κ2) is 9.60. The Morgan fingerprint density at radius 3 is 2.35 bits per heavy atom. The number of H-pyrrole nitrogens is 1. The molecule has 8 nitrogen and oxygen atoms in total. The fourth-order valence-electron chi connectivity index (χ4n) is 4.61. The largest absolute Gasteiger partial charge is 0.493 e. The van der Waals surface area contributed by atoms with Crippen molar-refractivity contribution in [2.24, 2.45) is 11.8 Å². The molecule has 1 aliphatic rings. The van der Waals surface area contributed by atoms with Gasteiger partial charge in [0.2, 0.25) is 0 Å². The number of ether oxygens (including phenoxy) is 3. The average molecular weight is 433 g/mol. The van der Waals surface area contributed by atoms with E-state index < -0.39 is 5.97 Å². The fraction of sp³-hybridized carbons (Fsp3) is 0.565. The summed E-state index contributed by atoms with van der Waals surface area (Å²) >= 11 is 0. The summed E-state index contributed by atoms with van der Waals surface area (Å²) in [6.45, 7) is 10.3. The Hall–Kier alpha value is -2.74. The van der Waals surface area contributed by atoms with E-state index in [1.54, 1.807) is 33.3 Å². The Bertz CT molecular complexity index is 944. The highest BCUT2D eigenvalue weighted by molar-refractivity contribution is 6.12. The molecule has 1 amide bonds. The lowest BCUT2D eigenvalue weighted by molar-refractivity contribution is -0.925. The molecule has 0 aliphatic carbocycles. The molecule has 4 atom stereocenters. The Balaban J connectivity index is 1.97. The number of esters is 1. The monoisotopic (exact) mass is 432 g/mol. The molecule has 0 saturated carbocycles. The molecule has 2 aromatic rings. The number of nitrogens with one attached hydrogen (secondary N) is 3. The molecular weight excluding hydrogens is 398 g/mol. The molecule has 3 N–H and O–H groups in total. The first kappa shape index (κ1) is 22.9. The second-order valence-electron chi connectivity index (χ2n) is 8.57. The maximum absolute atomic E-state index is 13.2. The summed E-state index contributed by atoms with van der Waals surface area (Å²) in [6, 6.07) is 3.26. The molecule has 0 radical (unpaired) electrons. The van der Waals surface area contributed by atoms with Crippen molar-refractivity contribution in [1.82, 2.24) is 4.98 Å². The number of fused-ring (bicyclic) bond motifs is 1. The van der Waals surface area contributed by atoms with E-state index in [0.29, 0.717) is 39.9 Å². The Kier molecular flexibility index (Phi) is 7.10. The van der Waals surface area contributed by atoms with Crippen LogP contribution >= 0.6 is 0 Å². The molecule has 1 saturated heterocycles. The van der Waals surface area contributed by atoms with E-state index in [0.717, 1.165) is 13.1 Å². The number of carbonyl (C=O) groups is 2. The highest BCUT2D eigenvalue weighted by atomic mass is 16.5. The zero-order valence-electron chi connectivity index (χ0n) is 19.3. The minimum absolute atomic E-state index is 0.127. The number of methoxy groups -OCH3 is 2. The maximum Gasteiger partial charge on any atom is 0.356 e. The number of carbonyl (C=O) groups excluding carboxylic acids is 2. The van der Waals surface area contributed by atoms with Crippen molar-refractivity contribution in [3.05, 3.63) is 17.8 Å². The number of benzene rings is 1. The van der Waals surface area contributed by atoms with Crippen LogP contribution in [0.3, 0.4) is 0 Å². The van der Waals surface area contributed by atoms with Crippen LogP contribution < -0.4 is 19.7 Å². The molecule has 0 bridgehead atoms. The molecule has 1 fully saturated rings. The fourth-order valence-corrected chi connectivity index (χ4v) is 4.61. The molecule has 3 rings (SSSR count). The van der Waals surface area contributed by atoms with Gasteiger partial charge in [-0.2, -0.15) is 0 Å². The quantitative estimate of drug-likeness (QED) is 0.584. The Labute approximate surface area is 183 Å². The number of aromatic amines is 1. The summed E-state index contributed by atoms with van der Waals surface area (Å²) in [5.74, 6) is 1.54. The van der Waals surface area contributed by atoms with E-state index in [2.05, 4.69) is 24.1 Å². The minimum atomic E-state index is -0.521. The van der Waals surface area contributed by atoms with Gasteiger partial charge in [0, 0.05) is 23.3 Å². The zero-order chi connectivity index (χ0) is 22.7. The van der Waals surface area contributed by atoms with E-state index in [-0.39, 0.29) is 24.2 Å². The standard InChI is InChI=1S/C23H33N3O5/c1-7-31-23(28)21-20(16-9-18(29-5)19(30-6)10-17(16)24-21)25-22(27)15(4)26-11-13(2)8-14(3)12-26/h9-10,13-15,24H,7-8,11-12H2,1-6H3,(H,25,27)/p+1/t13-,14+,15-/m1/s1. The van der Waals surface area contributed by atoms with Crippen LogP contribution in [0.5, 0.6) is 11.5 Å². The average Bonchev–Trinajstić information content (AvgIpc) is 3.08. The SMILES string of the molecule is CCOC(=O)c1[nH]c2cc(OC)c(OC)cc2c1NC(=O)[C@@H](C)[NH+]1C[C@H](C)C[C@H](C)C1. The molecule has 31 heavy (non-hydrogen) atoms. The van der Waals surface area contributed by atoms with Crippen LogP contribution in [0.4, 0.5) is 5.69 Å². The van der Waals surface area contributed by atoms with Gasteiger partial charge in [-0.25, -0.2) is 4.79 Å². The van der Waals surface area contributed by atoms with Crippen molar-refractivity contribution in [3.63, 3.8) is 0 Å². The third kappa shape index (κ3) is 4.79. The number of piperidine rings is 1.